The van der Waals surface area contributed by atoms with Crippen LogP contribution in [0, 0.1) is 18.3 Å². The number of nitrogens with zero attached hydrogens (tertiary/aromatic N) is 4. The van der Waals surface area contributed by atoms with Crippen molar-refractivity contribution < 1.29 is 13.2 Å². The molecule has 0 radical (unpaired) electrons. The molecule has 2 aromatic heterocycles. The Morgan fingerprint density at radius 1 is 1.28 bits per heavy atom. The van der Waals surface area contributed by atoms with Crippen molar-refractivity contribution in [2.75, 3.05) is 11.6 Å². The third-order valence-electron chi connectivity index (χ3n) is 3.92. The fourth-order valence-electron chi connectivity index (χ4n) is 2.66. The molecule has 1 aromatic carbocycles. The lowest BCUT2D eigenvalue weighted by Gasteiger charge is -2.14. The number of nitrogens with one attached hydrogen (secondary N) is 1. The van der Waals surface area contributed by atoms with Gasteiger partial charge in [-0.25, -0.2) is 18.1 Å². The molecule has 1 amide bonds. The molecule has 0 bridgehead atoms. The maximum Gasteiger partial charge on any atom is 0.274 e. The molecule has 3 rings (SSSR count). The topological polar surface area (TPSA) is 118 Å². The number of aromatic nitrogens is 3. The van der Waals surface area contributed by atoms with Gasteiger partial charge in [0.1, 0.15) is 5.69 Å². The van der Waals surface area contributed by atoms with Crippen LogP contribution in [0.4, 0.5) is 5.69 Å². The van der Waals surface area contributed by atoms with Crippen molar-refractivity contribution in [3.8, 4) is 11.9 Å². The molecule has 148 valence electrons. The molecule has 0 spiro atoms. The van der Waals surface area contributed by atoms with Crippen molar-refractivity contribution in [1.82, 2.24) is 14.8 Å². The van der Waals surface area contributed by atoms with Gasteiger partial charge in [-0.05, 0) is 36.8 Å². The van der Waals surface area contributed by atoms with E-state index in [0.29, 0.717) is 5.56 Å². The van der Waals surface area contributed by atoms with Crippen LogP contribution in [0.3, 0.4) is 0 Å². The van der Waals surface area contributed by atoms with Gasteiger partial charge in [-0.15, -0.1) is 0 Å². The average molecular weight is 450 g/mol. The summed E-state index contributed by atoms with van der Waals surface area (Å²) in [4.78, 5) is 16.9. The van der Waals surface area contributed by atoms with E-state index in [1.54, 1.807) is 19.1 Å². The van der Waals surface area contributed by atoms with E-state index in [2.05, 4.69) is 15.4 Å². The molecule has 0 aliphatic rings. The highest BCUT2D eigenvalue weighted by Gasteiger charge is 2.23. The SMILES string of the molecule is Cc1cc(C#N)cc(S(C)(=O)=O)c1NC(=O)c1cc(Cl)nn1-c1ncccc1Cl. The number of halogens is 2. The second-order valence-electron chi connectivity index (χ2n) is 6.08. The largest absolute Gasteiger partial charge is 0.319 e. The van der Waals surface area contributed by atoms with Crippen molar-refractivity contribution >= 4 is 44.6 Å². The minimum atomic E-state index is -3.73. The van der Waals surface area contributed by atoms with Gasteiger partial charge in [0.2, 0.25) is 0 Å². The summed E-state index contributed by atoms with van der Waals surface area (Å²) in [7, 11) is -3.73. The summed E-state index contributed by atoms with van der Waals surface area (Å²) in [5, 5.41) is 16.0. The Morgan fingerprint density at radius 3 is 2.62 bits per heavy atom. The number of carbonyl (C=O) groups excluding carboxylic acids is 1. The van der Waals surface area contributed by atoms with Gasteiger partial charge in [0.05, 0.1) is 27.2 Å². The summed E-state index contributed by atoms with van der Waals surface area (Å²) >= 11 is 12.1. The number of hydrogen-bond donors (Lipinski definition) is 1. The van der Waals surface area contributed by atoms with Crippen molar-refractivity contribution in [2.24, 2.45) is 0 Å². The lowest BCUT2D eigenvalue weighted by atomic mass is 10.1. The molecule has 2 heterocycles. The molecule has 0 fully saturated rings. The predicted molar refractivity (Wildman–Crippen MR) is 108 cm³/mol. The molecule has 29 heavy (non-hydrogen) atoms. The molecule has 3 aromatic rings. The highest BCUT2D eigenvalue weighted by atomic mass is 35.5. The van der Waals surface area contributed by atoms with Crippen molar-refractivity contribution in [3.63, 3.8) is 0 Å². The van der Waals surface area contributed by atoms with Gasteiger partial charge < -0.3 is 5.32 Å². The zero-order valence-corrected chi connectivity index (χ0v) is 17.5. The molecule has 0 atom stereocenters. The monoisotopic (exact) mass is 449 g/mol. The van der Waals surface area contributed by atoms with Crippen LogP contribution in [0.25, 0.3) is 5.82 Å². The molecule has 1 N–H and O–H groups in total. The molecule has 0 saturated carbocycles. The first kappa shape index (κ1) is 20.8. The second kappa shape index (κ2) is 7.83. The molecule has 0 aliphatic carbocycles. The van der Waals surface area contributed by atoms with E-state index in [1.165, 1.54) is 29.1 Å². The molecule has 0 aliphatic heterocycles. The summed E-state index contributed by atoms with van der Waals surface area (Å²) in [5.41, 5.74) is 0.631. The number of aryl methyl sites for hydroxylation is 1. The Morgan fingerprint density at radius 2 is 2.00 bits per heavy atom. The third kappa shape index (κ3) is 4.24. The molecule has 8 nitrogen and oxygen atoms in total. The van der Waals surface area contributed by atoms with Crippen LogP contribution in [-0.4, -0.2) is 35.3 Å². The Bertz CT molecular complexity index is 1280. The van der Waals surface area contributed by atoms with E-state index in [1.807, 2.05) is 6.07 Å². The van der Waals surface area contributed by atoms with Gasteiger partial charge in [0.25, 0.3) is 5.91 Å². The summed E-state index contributed by atoms with van der Waals surface area (Å²) in [6, 6.07) is 9.09. The number of sulfone groups is 1. The van der Waals surface area contributed by atoms with Crippen LogP contribution >= 0.6 is 23.2 Å². The summed E-state index contributed by atoms with van der Waals surface area (Å²) in [5.74, 6) is -0.491. The Hall–Kier alpha value is -2.93. The number of rotatable bonds is 4. The zero-order chi connectivity index (χ0) is 21.3. The summed E-state index contributed by atoms with van der Waals surface area (Å²) in [6.07, 6.45) is 2.47. The molecular formula is C18H13Cl2N5O3S. The molecular weight excluding hydrogens is 437 g/mol. The van der Waals surface area contributed by atoms with Gasteiger partial charge in [0, 0.05) is 18.5 Å². The van der Waals surface area contributed by atoms with Gasteiger partial charge in [-0.3, -0.25) is 4.79 Å². The molecule has 0 saturated heterocycles. The maximum absolute atomic E-state index is 13.0. The van der Waals surface area contributed by atoms with Gasteiger partial charge in [0.15, 0.2) is 20.8 Å². The number of hydrogen-bond acceptors (Lipinski definition) is 6. The van der Waals surface area contributed by atoms with E-state index >= 15 is 0 Å². The van der Waals surface area contributed by atoms with Crippen molar-refractivity contribution in [3.05, 3.63) is 63.5 Å². The van der Waals surface area contributed by atoms with E-state index < -0.39 is 15.7 Å². The summed E-state index contributed by atoms with van der Waals surface area (Å²) in [6.45, 7) is 1.59. The van der Waals surface area contributed by atoms with Crippen LogP contribution in [0.1, 0.15) is 21.6 Å². The number of anilines is 1. The number of benzene rings is 1. The zero-order valence-electron chi connectivity index (χ0n) is 15.1. The van der Waals surface area contributed by atoms with E-state index in [0.717, 1.165) is 6.26 Å². The van der Waals surface area contributed by atoms with Gasteiger partial charge in [-0.2, -0.15) is 10.4 Å². The Kier molecular flexibility index (Phi) is 5.61. The first-order chi connectivity index (χ1) is 13.6. The number of nitriles is 1. The van der Waals surface area contributed by atoms with Crippen LogP contribution in [-0.2, 0) is 9.84 Å². The number of amides is 1. The number of carbonyl (C=O) groups is 1. The minimum absolute atomic E-state index is 0.00110. The van der Waals surface area contributed by atoms with Crippen molar-refractivity contribution in [1.29, 1.82) is 5.26 Å². The highest BCUT2D eigenvalue weighted by Crippen LogP contribution is 2.28. The van der Waals surface area contributed by atoms with Crippen LogP contribution in [0.15, 0.2) is 41.4 Å². The lowest BCUT2D eigenvalue weighted by molar-refractivity contribution is 0.101. The van der Waals surface area contributed by atoms with E-state index in [4.69, 9.17) is 28.5 Å². The van der Waals surface area contributed by atoms with Crippen LogP contribution < -0.4 is 5.32 Å². The van der Waals surface area contributed by atoms with Gasteiger partial charge in [-0.1, -0.05) is 23.2 Å². The van der Waals surface area contributed by atoms with E-state index in [9.17, 15) is 13.2 Å². The average Bonchev–Trinajstić information content (AvgIpc) is 3.04. The fraction of sp³-hybridized carbons (Fsp3) is 0.111. The first-order valence-electron chi connectivity index (χ1n) is 8.04. The normalized spacial score (nSPS) is 11.1. The maximum atomic E-state index is 13.0. The first-order valence-corrected chi connectivity index (χ1v) is 10.7. The fourth-order valence-corrected chi connectivity index (χ4v) is 3.96. The smallest absolute Gasteiger partial charge is 0.274 e. The quantitative estimate of drug-likeness (QED) is 0.651. The third-order valence-corrected chi connectivity index (χ3v) is 5.52. The molecule has 11 heteroatoms. The number of pyridine rings is 1. The predicted octanol–water partition coefficient (Wildman–Crippen LogP) is 3.41. The van der Waals surface area contributed by atoms with E-state index in [-0.39, 0.29) is 37.8 Å². The highest BCUT2D eigenvalue weighted by molar-refractivity contribution is 7.90. The minimum Gasteiger partial charge on any atom is -0.319 e. The second-order valence-corrected chi connectivity index (χ2v) is 8.86. The van der Waals surface area contributed by atoms with Gasteiger partial charge >= 0.3 is 0 Å². The Labute approximate surface area is 176 Å². The standard InChI is InChI=1S/C18H13Cl2N5O3S/c1-10-6-11(9-21)7-14(29(2,27)28)16(10)23-18(26)13-8-15(20)24-25(13)17-12(19)4-3-5-22-17/h3-8H,1-2H3,(H,23,26). The van der Waals surface area contributed by atoms with Crippen molar-refractivity contribution in [2.45, 2.75) is 11.8 Å². The molecule has 0 unspecified atom stereocenters. The lowest BCUT2D eigenvalue weighted by Crippen LogP contribution is -2.20. The van der Waals surface area contributed by atoms with Crippen LogP contribution in [0.5, 0.6) is 0 Å². The summed E-state index contributed by atoms with van der Waals surface area (Å²) < 4.78 is 25.6. The Balaban J connectivity index is 2.10. The van der Waals surface area contributed by atoms with Crippen LogP contribution in [0.2, 0.25) is 10.2 Å².